The molecule has 2 aliphatic carbocycles. The molecule has 3 rings (SSSR count). The number of allylic oxidation sites excluding steroid dienone is 1. The van der Waals surface area contributed by atoms with Crippen LogP contribution in [-0.4, -0.2) is 24.1 Å². The van der Waals surface area contributed by atoms with E-state index < -0.39 is 6.10 Å². The molecule has 4 heteroatoms. The van der Waals surface area contributed by atoms with Gasteiger partial charge in [0.15, 0.2) is 0 Å². The first-order chi connectivity index (χ1) is 11.3. The molecule has 2 saturated carbocycles. The number of esters is 2. The van der Waals surface area contributed by atoms with E-state index in [-0.39, 0.29) is 35.8 Å². The summed E-state index contributed by atoms with van der Waals surface area (Å²) < 4.78 is 11.4. The van der Waals surface area contributed by atoms with Crippen molar-refractivity contribution in [3.05, 3.63) is 48.1 Å². The lowest BCUT2D eigenvalue weighted by Gasteiger charge is -2.28. The average molecular weight is 328 g/mol. The van der Waals surface area contributed by atoms with Crippen molar-refractivity contribution in [1.29, 1.82) is 0 Å². The standard InChI is InChI=1S/C20H24O4/c1-6-10(2)19(21)23-15-9-12(4)14-8-7-11(3)16(14)18-17(15)13(5)20(22)24-18/h6,14-18H,3-5,7-9H2,1-2H3/b10-6-/t14-,15-,16-,17-,18+/m0/s1. The van der Waals surface area contributed by atoms with Crippen molar-refractivity contribution in [3.63, 3.8) is 0 Å². The average Bonchev–Trinajstić information content (AvgIpc) is 3.02. The molecule has 1 saturated heterocycles. The molecule has 128 valence electrons. The normalized spacial score (nSPS) is 36.1. The van der Waals surface area contributed by atoms with E-state index in [1.54, 1.807) is 19.9 Å². The molecule has 0 spiro atoms. The van der Waals surface area contributed by atoms with Crippen LogP contribution in [0.25, 0.3) is 0 Å². The van der Waals surface area contributed by atoms with E-state index in [4.69, 9.17) is 9.47 Å². The predicted octanol–water partition coefficient (Wildman–Crippen LogP) is 3.50. The van der Waals surface area contributed by atoms with Gasteiger partial charge in [0, 0.05) is 23.5 Å². The highest BCUT2D eigenvalue weighted by Crippen LogP contribution is 2.52. The Labute approximate surface area is 142 Å². The van der Waals surface area contributed by atoms with Gasteiger partial charge in [0.2, 0.25) is 0 Å². The molecule has 0 radical (unpaired) electrons. The van der Waals surface area contributed by atoms with Crippen LogP contribution in [0.1, 0.15) is 33.1 Å². The highest BCUT2D eigenvalue weighted by Gasteiger charge is 2.55. The molecule has 1 aliphatic heterocycles. The van der Waals surface area contributed by atoms with Crippen LogP contribution in [0.3, 0.4) is 0 Å². The number of hydrogen-bond donors (Lipinski definition) is 0. The Morgan fingerprint density at radius 1 is 1.25 bits per heavy atom. The molecule has 0 amide bonds. The summed E-state index contributed by atoms with van der Waals surface area (Å²) in [5, 5.41) is 0. The maximum atomic E-state index is 12.3. The van der Waals surface area contributed by atoms with Crippen molar-refractivity contribution in [1.82, 2.24) is 0 Å². The summed E-state index contributed by atoms with van der Waals surface area (Å²) in [7, 11) is 0. The van der Waals surface area contributed by atoms with E-state index in [0.717, 1.165) is 24.0 Å². The number of rotatable bonds is 2. The van der Waals surface area contributed by atoms with Gasteiger partial charge in [-0.1, -0.05) is 37.0 Å². The van der Waals surface area contributed by atoms with Gasteiger partial charge in [-0.15, -0.1) is 0 Å². The topological polar surface area (TPSA) is 52.6 Å². The van der Waals surface area contributed by atoms with Gasteiger partial charge in [0.25, 0.3) is 0 Å². The number of fused-ring (bicyclic) bond motifs is 3. The first-order valence-electron chi connectivity index (χ1n) is 8.44. The highest BCUT2D eigenvalue weighted by atomic mass is 16.6. The Balaban J connectivity index is 1.96. The summed E-state index contributed by atoms with van der Waals surface area (Å²) in [4.78, 5) is 24.4. The van der Waals surface area contributed by atoms with E-state index >= 15 is 0 Å². The Hall–Kier alpha value is -2.10. The van der Waals surface area contributed by atoms with Gasteiger partial charge in [-0.05, 0) is 32.6 Å². The predicted molar refractivity (Wildman–Crippen MR) is 90.9 cm³/mol. The van der Waals surface area contributed by atoms with Crippen LogP contribution in [0, 0.1) is 17.8 Å². The summed E-state index contributed by atoms with van der Waals surface area (Å²) in [6, 6.07) is 0. The van der Waals surface area contributed by atoms with Gasteiger partial charge in [0.05, 0.1) is 5.92 Å². The van der Waals surface area contributed by atoms with Crippen molar-refractivity contribution in [3.8, 4) is 0 Å². The first kappa shape index (κ1) is 16.7. The van der Waals surface area contributed by atoms with E-state index in [1.807, 2.05) is 0 Å². The second-order valence-corrected chi connectivity index (χ2v) is 7.03. The maximum absolute atomic E-state index is 12.3. The van der Waals surface area contributed by atoms with Crippen LogP contribution < -0.4 is 0 Å². The van der Waals surface area contributed by atoms with Gasteiger partial charge in [-0.3, -0.25) is 0 Å². The van der Waals surface area contributed by atoms with Gasteiger partial charge in [-0.25, -0.2) is 9.59 Å². The fraction of sp³-hybridized carbons (Fsp3) is 0.500. The molecule has 0 N–H and O–H groups in total. The SMILES string of the molecule is C=C1C(=O)O[C@H]2[C@@H]1[C@@H](OC(=O)/C(C)=C\C)CC(=C)[C@@H]1CCC(=C)[C@H]21. The second kappa shape index (κ2) is 6.08. The molecule has 3 aliphatic rings. The molecule has 0 aromatic rings. The lowest BCUT2D eigenvalue weighted by molar-refractivity contribution is -0.148. The van der Waals surface area contributed by atoms with Crippen LogP contribution in [0.15, 0.2) is 48.1 Å². The van der Waals surface area contributed by atoms with Gasteiger partial charge < -0.3 is 9.47 Å². The van der Waals surface area contributed by atoms with Gasteiger partial charge in [0.1, 0.15) is 12.2 Å². The van der Waals surface area contributed by atoms with E-state index in [2.05, 4.69) is 19.7 Å². The molecule has 5 atom stereocenters. The summed E-state index contributed by atoms with van der Waals surface area (Å²) in [5.74, 6) is -0.799. The van der Waals surface area contributed by atoms with Crippen molar-refractivity contribution in [2.24, 2.45) is 17.8 Å². The molecule has 0 bridgehead atoms. The fourth-order valence-electron chi connectivity index (χ4n) is 4.23. The minimum Gasteiger partial charge on any atom is -0.458 e. The highest BCUT2D eigenvalue weighted by molar-refractivity contribution is 5.91. The van der Waals surface area contributed by atoms with Crippen LogP contribution in [-0.2, 0) is 19.1 Å². The van der Waals surface area contributed by atoms with Crippen molar-refractivity contribution < 1.29 is 19.1 Å². The molecule has 0 unspecified atom stereocenters. The largest absolute Gasteiger partial charge is 0.458 e. The number of hydrogen-bond acceptors (Lipinski definition) is 4. The van der Waals surface area contributed by atoms with E-state index in [1.165, 1.54) is 0 Å². The Kier molecular flexibility index (Phi) is 4.24. The first-order valence-corrected chi connectivity index (χ1v) is 8.44. The number of carbonyl (C=O) groups is 2. The minimum absolute atomic E-state index is 0.0530. The Morgan fingerprint density at radius 3 is 2.62 bits per heavy atom. The van der Waals surface area contributed by atoms with Gasteiger partial charge >= 0.3 is 11.9 Å². The third-order valence-corrected chi connectivity index (χ3v) is 5.70. The van der Waals surface area contributed by atoms with Crippen molar-refractivity contribution in [2.45, 2.75) is 45.3 Å². The minimum atomic E-state index is -0.470. The Bertz CT molecular complexity index is 669. The number of ether oxygens (including phenoxy) is 2. The zero-order chi connectivity index (χ0) is 17.6. The summed E-state index contributed by atoms with van der Waals surface area (Å²) in [6.07, 6.45) is 3.31. The second-order valence-electron chi connectivity index (χ2n) is 7.03. The monoisotopic (exact) mass is 328 g/mol. The summed E-state index contributed by atoms with van der Waals surface area (Å²) in [5.41, 5.74) is 3.08. The zero-order valence-electron chi connectivity index (χ0n) is 14.3. The molecule has 0 aromatic heterocycles. The Morgan fingerprint density at radius 2 is 1.96 bits per heavy atom. The third kappa shape index (κ3) is 2.54. The van der Waals surface area contributed by atoms with Crippen LogP contribution >= 0.6 is 0 Å². The lowest BCUT2D eigenvalue weighted by Crippen LogP contribution is -2.35. The molecule has 4 nitrogen and oxygen atoms in total. The number of carbonyl (C=O) groups excluding carboxylic acids is 2. The maximum Gasteiger partial charge on any atom is 0.334 e. The smallest absolute Gasteiger partial charge is 0.334 e. The molecular formula is C20H24O4. The zero-order valence-corrected chi connectivity index (χ0v) is 14.3. The summed E-state index contributed by atoms with van der Waals surface area (Å²) >= 11 is 0. The van der Waals surface area contributed by atoms with Crippen molar-refractivity contribution in [2.75, 3.05) is 0 Å². The fourth-order valence-corrected chi connectivity index (χ4v) is 4.23. The lowest BCUT2D eigenvalue weighted by atomic mass is 9.81. The van der Waals surface area contributed by atoms with E-state index in [9.17, 15) is 9.59 Å². The molecular weight excluding hydrogens is 304 g/mol. The summed E-state index contributed by atoms with van der Waals surface area (Å²) in [6.45, 7) is 15.8. The van der Waals surface area contributed by atoms with Gasteiger partial charge in [-0.2, -0.15) is 0 Å². The molecule has 0 aromatic carbocycles. The van der Waals surface area contributed by atoms with Crippen molar-refractivity contribution >= 4 is 11.9 Å². The van der Waals surface area contributed by atoms with Crippen LogP contribution in [0.2, 0.25) is 0 Å². The third-order valence-electron chi connectivity index (χ3n) is 5.70. The molecule has 1 heterocycles. The van der Waals surface area contributed by atoms with Crippen LogP contribution in [0.5, 0.6) is 0 Å². The van der Waals surface area contributed by atoms with E-state index in [0.29, 0.717) is 17.6 Å². The van der Waals surface area contributed by atoms with Crippen LogP contribution in [0.4, 0.5) is 0 Å². The molecule has 3 fully saturated rings. The molecule has 24 heavy (non-hydrogen) atoms. The quantitative estimate of drug-likeness (QED) is 0.442.